The molecule has 3 rings (SSSR count). The Morgan fingerprint density at radius 3 is 2.53 bits per heavy atom. The highest BCUT2D eigenvalue weighted by Gasteiger charge is 2.20. The molecule has 0 saturated heterocycles. The average Bonchev–Trinajstić information content (AvgIpc) is 2.77. The highest BCUT2D eigenvalue weighted by molar-refractivity contribution is 5.91. The van der Waals surface area contributed by atoms with E-state index in [1.54, 1.807) is 48.5 Å². The van der Waals surface area contributed by atoms with Gasteiger partial charge < -0.3 is 14.8 Å². The minimum Gasteiger partial charge on any atom is -0.497 e. The normalized spacial score (nSPS) is 10.6. The number of rotatable bonds is 8. The van der Waals surface area contributed by atoms with Gasteiger partial charge in [-0.25, -0.2) is 4.79 Å². The molecular weight excluding hydrogens is 388 g/mol. The Balaban J connectivity index is 2.14. The van der Waals surface area contributed by atoms with Gasteiger partial charge in [0.1, 0.15) is 5.75 Å². The van der Waals surface area contributed by atoms with Gasteiger partial charge in [-0.05, 0) is 17.7 Å². The van der Waals surface area contributed by atoms with E-state index in [9.17, 15) is 14.4 Å². The van der Waals surface area contributed by atoms with E-state index in [4.69, 9.17) is 9.47 Å². The predicted octanol–water partition coefficient (Wildman–Crippen LogP) is 0.827. The Morgan fingerprint density at radius 1 is 1.07 bits per heavy atom. The molecule has 9 heteroatoms. The molecule has 156 valence electrons. The zero-order valence-corrected chi connectivity index (χ0v) is 16.7. The summed E-state index contributed by atoms with van der Waals surface area (Å²) < 4.78 is 12.1. The van der Waals surface area contributed by atoms with Crippen molar-refractivity contribution in [3.8, 4) is 11.4 Å². The zero-order chi connectivity index (χ0) is 21.5. The summed E-state index contributed by atoms with van der Waals surface area (Å²) in [7, 11) is 3.00. The van der Waals surface area contributed by atoms with Crippen LogP contribution in [0, 0.1) is 0 Å². The van der Waals surface area contributed by atoms with E-state index in [1.165, 1.54) is 14.2 Å². The first kappa shape index (κ1) is 21.0. The van der Waals surface area contributed by atoms with Gasteiger partial charge in [0, 0.05) is 19.7 Å². The number of hydrogen-bond acceptors (Lipinski definition) is 6. The molecule has 3 aromatic rings. The number of amides is 1. The lowest BCUT2D eigenvalue weighted by Gasteiger charge is -2.13. The van der Waals surface area contributed by atoms with Gasteiger partial charge in [-0.15, -0.1) is 0 Å². The molecule has 0 aliphatic carbocycles. The maximum atomic E-state index is 13.1. The summed E-state index contributed by atoms with van der Waals surface area (Å²) in [4.78, 5) is 38.6. The van der Waals surface area contributed by atoms with Crippen molar-refractivity contribution in [1.29, 1.82) is 0 Å². The topological polar surface area (TPSA) is 104 Å². The Bertz CT molecular complexity index is 1140. The molecule has 0 aliphatic rings. The number of aromatic nitrogens is 3. The molecule has 0 aliphatic heterocycles. The number of nitrogens with one attached hydrogen (secondary N) is 1. The number of benzene rings is 2. The Morgan fingerprint density at radius 2 is 1.83 bits per heavy atom. The summed E-state index contributed by atoms with van der Waals surface area (Å²) in [5.41, 5.74) is -0.703. The molecule has 1 aromatic heterocycles. The second-order valence-corrected chi connectivity index (χ2v) is 6.37. The summed E-state index contributed by atoms with van der Waals surface area (Å²) in [5, 5.41) is 6.63. The number of nitrogens with zero attached hydrogens (tertiary/aromatic N) is 3. The maximum Gasteiger partial charge on any atom is 0.352 e. The van der Waals surface area contributed by atoms with Crippen molar-refractivity contribution in [1.82, 2.24) is 19.7 Å². The van der Waals surface area contributed by atoms with Crippen molar-refractivity contribution in [2.45, 2.75) is 6.54 Å². The standard InChI is InChI=1S/C21H22N4O5/c1-29-12-11-22-19(26)18-20(27)24(14-15-7-4-3-5-8-15)21(28)25(23-18)16-9-6-10-17(13-16)30-2/h3-10,13H,11-12,14H2,1-2H3,(H,22,26). The first-order chi connectivity index (χ1) is 14.5. The van der Waals surface area contributed by atoms with Crippen LogP contribution in [-0.2, 0) is 11.3 Å². The van der Waals surface area contributed by atoms with Gasteiger partial charge in [0.05, 0.1) is 25.9 Å². The minimum absolute atomic E-state index is 0.00332. The summed E-state index contributed by atoms with van der Waals surface area (Å²) in [6.07, 6.45) is 0. The monoisotopic (exact) mass is 410 g/mol. The van der Waals surface area contributed by atoms with E-state index in [1.807, 2.05) is 6.07 Å². The van der Waals surface area contributed by atoms with Gasteiger partial charge >= 0.3 is 5.69 Å². The molecule has 0 atom stereocenters. The molecule has 0 spiro atoms. The lowest BCUT2D eigenvalue weighted by Crippen LogP contribution is -2.46. The van der Waals surface area contributed by atoms with Crippen LogP contribution in [0.4, 0.5) is 0 Å². The van der Waals surface area contributed by atoms with Crippen LogP contribution in [0.15, 0.2) is 64.2 Å². The Kier molecular flexibility index (Phi) is 6.76. The molecule has 2 aromatic carbocycles. The van der Waals surface area contributed by atoms with Crippen LogP contribution in [0.5, 0.6) is 5.75 Å². The van der Waals surface area contributed by atoms with Crippen molar-refractivity contribution in [3.63, 3.8) is 0 Å². The van der Waals surface area contributed by atoms with Crippen molar-refractivity contribution >= 4 is 5.91 Å². The molecule has 0 unspecified atom stereocenters. The third kappa shape index (κ3) is 4.64. The minimum atomic E-state index is -0.766. The third-order valence-corrected chi connectivity index (χ3v) is 4.35. The molecule has 9 nitrogen and oxygen atoms in total. The van der Waals surface area contributed by atoms with Crippen LogP contribution in [0.2, 0.25) is 0 Å². The third-order valence-electron chi connectivity index (χ3n) is 4.35. The highest BCUT2D eigenvalue weighted by Crippen LogP contribution is 2.14. The summed E-state index contributed by atoms with van der Waals surface area (Å²) in [6, 6.07) is 15.7. The molecule has 30 heavy (non-hydrogen) atoms. The molecule has 0 saturated carbocycles. The fraction of sp³-hybridized carbons (Fsp3) is 0.238. The number of carbonyl (C=O) groups excluding carboxylic acids is 1. The van der Waals surface area contributed by atoms with Gasteiger partial charge in [0.2, 0.25) is 5.69 Å². The Hall–Kier alpha value is -3.72. The lowest BCUT2D eigenvalue weighted by atomic mass is 10.2. The number of carbonyl (C=O) groups is 1. The van der Waals surface area contributed by atoms with E-state index in [-0.39, 0.29) is 25.4 Å². The van der Waals surface area contributed by atoms with Crippen LogP contribution in [0.3, 0.4) is 0 Å². The quantitative estimate of drug-likeness (QED) is 0.552. The zero-order valence-electron chi connectivity index (χ0n) is 16.7. The van der Waals surface area contributed by atoms with Gasteiger partial charge in [-0.2, -0.15) is 9.78 Å². The smallest absolute Gasteiger partial charge is 0.352 e. The molecule has 0 bridgehead atoms. The summed E-state index contributed by atoms with van der Waals surface area (Å²) >= 11 is 0. The van der Waals surface area contributed by atoms with Gasteiger partial charge in [0.15, 0.2) is 0 Å². The Labute approximate surface area is 172 Å². The van der Waals surface area contributed by atoms with E-state index in [0.717, 1.165) is 14.8 Å². The molecule has 1 amide bonds. The van der Waals surface area contributed by atoms with Gasteiger partial charge in [-0.3, -0.25) is 14.2 Å². The van der Waals surface area contributed by atoms with Crippen molar-refractivity contribution < 1.29 is 14.3 Å². The van der Waals surface area contributed by atoms with E-state index < -0.39 is 17.2 Å². The molecule has 0 fully saturated rings. The molecule has 0 radical (unpaired) electrons. The maximum absolute atomic E-state index is 13.1. The van der Waals surface area contributed by atoms with Crippen LogP contribution in [0.1, 0.15) is 16.1 Å². The number of hydrogen-bond donors (Lipinski definition) is 1. The second-order valence-electron chi connectivity index (χ2n) is 6.37. The lowest BCUT2D eigenvalue weighted by molar-refractivity contribution is 0.0927. The van der Waals surface area contributed by atoms with Crippen molar-refractivity contribution in [2.24, 2.45) is 0 Å². The molecule has 1 heterocycles. The first-order valence-corrected chi connectivity index (χ1v) is 9.25. The molecular formula is C21H22N4O5. The van der Waals surface area contributed by atoms with Gasteiger partial charge in [-0.1, -0.05) is 36.4 Å². The van der Waals surface area contributed by atoms with Crippen LogP contribution in [0.25, 0.3) is 5.69 Å². The first-order valence-electron chi connectivity index (χ1n) is 9.25. The second kappa shape index (κ2) is 9.66. The van der Waals surface area contributed by atoms with E-state index in [0.29, 0.717) is 11.4 Å². The average molecular weight is 410 g/mol. The summed E-state index contributed by atoms with van der Waals surface area (Å²) in [6.45, 7) is 0.482. The van der Waals surface area contributed by atoms with Crippen molar-refractivity contribution in [3.05, 3.63) is 86.7 Å². The van der Waals surface area contributed by atoms with Crippen molar-refractivity contribution in [2.75, 3.05) is 27.4 Å². The van der Waals surface area contributed by atoms with Gasteiger partial charge in [0.25, 0.3) is 11.5 Å². The van der Waals surface area contributed by atoms with E-state index >= 15 is 0 Å². The molecule has 1 N–H and O–H groups in total. The van der Waals surface area contributed by atoms with Crippen LogP contribution in [-0.4, -0.2) is 47.6 Å². The van der Waals surface area contributed by atoms with E-state index in [2.05, 4.69) is 10.4 Å². The fourth-order valence-corrected chi connectivity index (χ4v) is 2.82. The van der Waals surface area contributed by atoms with Crippen LogP contribution < -0.4 is 21.3 Å². The highest BCUT2D eigenvalue weighted by atomic mass is 16.5. The largest absolute Gasteiger partial charge is 0.497 e. The number of ether oxygens (including phenoxy) is 2. The summed E-state index contributed by atoms with van der Waals surface area (Å²) in [5.74, 6) is -0.177. The predicted molar refractivity (Wildman–Crippen MR) is 110 cm³/mol. The fourth-order valence-electron chi connectivity index (χ4n) is 2.82. The van der Waals surface area contributed by atoms with Crippen LogP contribution >= 0.6 is 0 Å². The SMILES string of the molecule is COCCNC(=O)c1nn(-c2cccc(OC)c2)c(=O)n(Cc2ccccc2)c1=O. The number of methoxy groups -OCH3 is 2.